The van der Waals surface area contributed by atoms with Gasteiger partial charge in [0.15, 0.2) is 9.84 Å². The Balaban J connectivity index is 1.94. The van der Waals surface area contributed by atoms with Crippen molar-refractivity contribution in [2.75, 3.05) is 24.6 Å². The maximum Gasteiger partial charge on any atom is 0.151 e. The molecule has 2 aliphatic rings. The Bertz CT molecular complexity index is 282. The van der Waals surface area contributed by atoms with Gasteiger partial charge in [-0.1, -0.05) is 0 Å². The Hall–Kier alpha value is -0.130. The lowest BCUT2D eigenvalue weighted by molar-refractivity contribution is -0.0221. The van der Waals surface area contributed by atoms with Gasteiger partial charge in [-0.05, 0) is 12.8 Å². The average Bonchev–Trinajstić information content (AvgIpc) is 1.97. The molecule has 1 atom stereocenters. The first-order chi connectivity index (χ1) is 6.07. The van der Waals surface area contributed by atoms with Crippen LogP contribution in [0, 0.1) is 0 Å². The predicted octanol–water partition coefficient (Wildman–Crippen LogP) is -0.760. The number of sulfone groups is 1. The quantitative estimate of drug-likeness (QED) is 0.611. The zero-order chi connectivity index (χ0) is 9.47. The number of hydrogen-bond acceptors (Lipinski definition) is 4. The van der Waals surface area contributed by atoms with Crippen molar-refractivity contribution in [1.29, 1.82) is 0 Å². The Morgan fingerprint density at radius 3 is 2.54 bits per heavy atom. The molecule has 13 heavy (non-hydrogen) atoms. The summed E-state index contributed by atoms with van der Waals surface area (Å²) in [6.45, 7) is 1.31. The summed E-state index contributed by atoms with van der Waals surface area (Å²) in [7, 11) is -2.79. The fourth-order valence-corrected chi connectivity index (χ4v) is 3.81. The SMILES string of the molecule is O=S1(=O)CCCC(N2CC(O)C2)C1. The molecule has 0 aromatic rings. The Kier molecular flexibility index (Phi) is 2.33. The third-order valence-electron chi connectivity index (χ3n) is 2.85. The van der Waals surface area contributed by atoms with Crippen molar-refractivity contribution in [2.24, 2.45) is 0 Å². The maximum absolute atomic E-state index is 11.3. The van der Waals surface area contributed by atoms with E-state index in [0.29, 0.717) is 24.6 Å². The van der Waals surface area contributed by atoms with Gasteiger partial charge in [-0.25, -0.2) is 8.42 Å². The molecule has 0 spiro atoms. The molecule has 1 unspecified atom stereocenters. The van der Waals surface area contributed by atoms with Crippen LogP contribution in [-0.2, 0) is 9.84 Å². The smallest absolute Gasteiger partial charge is 0.151 e. The monoisotopic (exact) mass is 205 g/mol. The zero-order valence-corrected chi connectivity index (χ0v) is 8.33. The van der Waals surface area contributed by atoms with Gasteiger partial charge in [-0.2, -0.15) is 0 Å². The molecule has 0 aromatic heterocycles. The minimum atomic E-state index is -2.79. The second-order valence-electron chi connectivity index (χ2n) is 4.02. The van der Waals surface area contributed by atoms with Gasteiger partial charge in [-0.3, -0.25) is 4.90 Å². The van der Waals surface area contributed by atoms with Crippen LogP contribution < -0.4 is 0 Å². The molecule has 2 aliphatic heterocycles. The molecule has 2 saturated heterocycles. The zero-order valence-electron chi connectivity index (χ0n) is 7.52. The summed E-state index contributed by atoms with van der Waals surface area (Å²) >= 11 is 0. The number of β-amino-alcohol motifs (C(OH)–C–C–N with tert-alkyl or cyclic N) is 1. The fourth-order valence-electron chi connectivity index (χ4n) is 2.07. The Morgan fingerprint density at radius 1 is 1.31 bits per heavy atom. The second-order valence-corrected chi connectivity index (χ2v) is 6.25. The van der Waals surface area contributed by atoms with Crippen molar-refractivity contribution >= 4 is 9.84 Å². The molecule has 2 heterocycles. The maximum atomic E-state index is 11.3. The van der Waals surface area contributed by atoms with Crippen molar-refractivity contribution in [3.8, 4) is 0 Å². The van der Waals surface area contributed by atoms with Crippen LogP contribution in [0.25, 0.3) is 0 Å². The molecule has 0 amide bonds. The van der Waals surface area contributed by atoms with Crippen LogP contribution in [0.5, 0.6) is 0 Å². The molecule has 2 fully saturated rings. The number of hydrogen-bond donors (Lipinski definition) is 1. The lowest BCUT2D eigenvalue weighted by atomic mass is 10.1. The highest BCUT2D eigenvalue weighted by Crippen LogP contribution is 2.21. The fraction of sp³-hybridized carbons (Fsp3) is 1.00. The van der Waals surface area contributed by atoms with Gasteiger partial charge in [0.1, 0.15) is 0 Å². The first-order valence-corrected chi connectivity index (χ1v) is 6.51. The van der Waals surface area contributed by atoms with Crippen LogP contribution in [0.2, 0.25) is 0 Å². The van der Waals surface area contributed by atoms with Gasteiger partial charge in [0, 0.05) is 19.1 Å². The molecule has 0 bridgehead atoms. The van der Waals surface area contributed by atoms with Crippen LogP contribution in [0.15, 0.2) is 0 Å². The van der Waals surface area contributed by atoms with Crippen molar-refractivity contribution in [1.82, 2.24) is 4.90 Å². The second kappa shape index (κ2) is 3.22. The normalized spacial score (nSPS) is 35.6. The number of rotatable bonds is 1. The third kappa shape index (κ3) is 2.03. The van der Waals surface area contributed by atoms with Gasteiger partial charge in [0.25, 0.3) is 0 Å². The van der Waals surface area contributed by atoms with Gasteiger partial charge in [-0.15, -0.1) is 0 Å². The van der Waals surface area contributed by atoms with Crippen LogP contribution in [0.4, 0.5) is 0 Å². The number of likely N-dealkylation sites (tertiary alicyclic amines) is 1. The molecule has 4 nitrogen and oxygen atoms in total. The van der Waals surface area contributed by atoms with Crippen LogP contribution in [0.1, 0.15) is 12.8 Å². The van der Waals surface area contributed by atoms with E-state index in [1.807, 2.05) is 0 Å². The lowest BCUT2D eigenvalue weighted by Gasteiger charge is -2.43. The summed E-state index contributed by atoms with van der Waals surface area (Å²) < 4.78 is 22.6. The first kappa shape index (κ1) is 9.43. The van der Waals surface area contributed by atoms with Gasteiger partial charge < -0.3 is 5.11 Å². The molecule has 0 radical (unpaired) electrons. The van der Waals surface area contributed by atoms with Crippen molar-refractivity contribution < 1.29 is 13.5 Å². The highest BCUT2D eigenvalue weighted by atomic mass is 32.2. The number of aliphatic hydroxyl groups is 1. The summed E-state index contributed by atoms with van der Waals surface area (Å²) in [5, 5.41) is 9.09. The Labute approximate surface area is 78.5 Å². The summed E-state index contributed by atoms with van der Waals surface area (Å²) in [6, 6.07) is 0.169. The predicted molar refractivity (Wildman–Crippen MR) is 49.3 cm³/mol. The molecule has 5 heteroatoms. The van der Waals surface area contributed by atoms with Crippen molar-refractivity contribution in [2.45, 2.75) is 25.0 Å². The van der Waals surface area contributed by atoms with E-state index < -0.39 is 9.84 Å². The van der Waals surface area contributed by atoms with E-state index in [1.165, 1.54) is 0 Å². The standard InChI is InChI=1S/C8H15NO3S/c10-8-4-9(5-8)7-2-1-3-13(11,12)6-7/h7-8,10H,1-6H2. The van der Waals surface area contributed by atoms with E-state index in [9.17, 15) is 8.42 Å². The third-order valence-corrected chi connectivity index (χ3v) is 4.65. The highest BCUT2D eigenvalue weighted by Gasteiger charge is 2.35. The molecular weight excluding hydrogens is 190 g/mol. The highest BCUT2D eigenvalue weighted by molar-refractivity contribution is 7.91. The molecule has 0 aliphatic carbocycles. The summed E-state index contributed by atoms with van der Waals surface area (Å²) in [4.78, 5) is 2.07. The Morgan fingerprint density at radius 2 is 2.00 bits per heavy atom. The largest absolute Gasteiger partial charge is 0.390 e. The molecule has 1 N–H and O–H groups in total. The minimum absolute atomic E-state index is 0.169. The van der Waals surface area contributed by atoms with Gasteiger partial charge in [0.05, 0.1) is 17.6 Å². The molecule has 2 rings (SSSR count). The van der Waals surface area contributed by atoms with E-state index in [-0.39, 0.29) is 12.1 Å². The molecule has 0 aromatic carbocycles. The summed E-state index contributed by atoms with van der Waals surface area (Å²) in [6.07, 6.45) is 1.51. The van der Waals surface area contributed by atoms with Crippen LogP contribution in [-0.4, -0.2) is 55.2 Å². The lowest BCUT2D eigenvalue weighted by Crippen LogP contribution is -2.58. The van der Waals surface area contributed by atoms with E-state index in [2.05, 4.69) is 4.90 Å². The van der Waals surface area contributed by atoms with E-state index in [4.69, 9.17) is 5.11 Å². The van der Waals surface area contributed by atoms with E-state index in [1.54, 1.807) is 0 Å². The first-order valence-electron chi connectivity index (χ1n) is 4.69. The van der Waals surface area contributed by atoms with Crippen molar-refractivity contribution in [3.63, 3.8) is 0 Å². The number of aliphatic hydroxyl groups excluding tert-OH is 1. The molecular formula is C8H15NO3S. The molecule has 76 valence electrons. The van der Waals surface area contributed by atoms with Crippen LogP contribution in [0.3, 0.4) is 0 Å². The minimum Gasteiger partial charge on any atom is -0.390 e. The number of nitrogens with zero attached hydrogens (tertiary/aromatic N) is 1. The average molecular weight is 205 g/mol. The molecule has 0 saturated carbocycles. The van der Waals surface area contributed by atoms with E-state index in [0.717, 1.165) is 12.8 Å². The summed E-state index contributed by atoms with van der Waals surface area (Å²) in [5.74, 6) is 0.639. The van der Waals surface area contributed by atoms with Crippen molar-refractivity contribution in [3.05, 3.63) is 0 Å². The summed E-state index contributed by atoms with van der Waals surface area (Å²) in [5.41, 5.74) is 0. The van der Waals surface area contributed by atoms with E-state index >= 15 is 0 Å². The van der Waals surface area contributed by atoms with Gasteiger partial charge in [0.2, 0.25) is 0 Å². The topological polar surface area (TPSA) is 57.6 Å². The van der Waals surface area contributed by atoms with Gasteiger partial charge >= 0.3 is 0 Å². The van der Waals surface area contributed by atoms with Crippen LogP contribution >= 0.6 is 0 Å².